The van der Waals surface area contributed by atoms with Crippen LogP contribution in [0.2, 0.25) is 5.02 Å². The highest BCUT2D eigenvalue weighted by Gasteiger charge is 2.64. The highest BCUT2D eigenvalue weighted by atomic mass is 35.5. The first-order chi connectivity index (χ1) is 25.0. The first kappa shape index (κ1) is 39.3. The minimum atomic E-state index is -1.85. The van der Waals surface area contributed by atoms with Gasteiger partial charge in [-0.2, -0.15) is 0 Å². The third-order valence-electron chi connectivity index (χ3n) is 9.83. The molecule has 5 rings (SSSR count). The van der Waals surface area contributed by atoms with Crippen molar-refractivity contribution in [3.05, 3.63) is 74.8 Å². The van der Waals surface area contributed by atoms with E-state index in [-0.39, 0.29) is 35.0 Å². The fraction of sp³-hybridized carbons (Fsp3) is 0.472. The number of halogens is 1. The summed E-state index contributed by atoms with van der Waals surface area (Å²) in [6, 6.07) is 7.15. The second-order valence-corrected chi connectivity index (χ2v) is 13.8. The number of allylic oxidation sites excluding steroid dienone is 3. The Morgan fingerprint density at radius 2 is 1.89 bits per heavy atom. The quantitative estimate of drug-likeness (QED) is 0.196. The van der Waals surface area contributed by atoms with Crippen molar-refractivity contribution >= 4 is 46.8 Å². The number of amides is 3. The Morgan fingerprint density at radius 1 is 1.17 bits per heavy atom. The number of epoxide rings is 1. The van der Waals surface area contributed by atoms with E-state index in [4.69, 9.17) is 40.0 Å². The summed E-state index contributed by atoms with van der Waals surface area (Å²) >= 11 is 6.73. The second kappa shape index (κ2) is 15.6. The van der Waals surface area contributed by atoms with Gasteiger partial charge in [0.1, 0.15) is 40.4 Å². The monoisotopic (exact) mass is 758 g/mol. The lowest BCUT2D eigenvalue weighted by molar-refractivity contribution is -0.384. The third kappa shape index (κ3) is 8.35. The van der Waals surface area contributed by atoms with Gasteiger partial charge in [0.2, 0.25) is 5.91 Å². The molecule has 3 aliphatic heterocycles. The molecule has 0 saturated carbocycles. The number of carbonyl (C=O) groups excluding carboxylic acids is 3. The van der Waals surface area contributed by atoms with E-state index < -0.39 is 64.7 Å². The first-order valence-corrected chi connectivity index (χ1v) is 17.1. The van der Waals surface area contributed by atoms with Crippen LogP contribution in [0.3, 0.4) is 0 Å². The highest BCUT2D eigenvalue weighted by Crippen LogP contribution is 2.49. The summed E-state index contributed by atoms with van der Waals surface area (Å²) in [5.74, 6) is -0.715. The molecule has 7 atom stereocenters. The lowest BCUT2D eigenvalue weighted by Crippen LogP contribution is -2.63. The molecule has 0 unspecified atom stereocenters. The van der Waals surface area contributed by atoms with Crippen molar-refractivity contribution < 1.29 is 52.8 Å². The van der Waals surface area contributed by atoms with Gasteiger partial charge in [0.15, 0.2) is 5.72 Å². The Bertz CT molecular complexity index is 1840. The van der Waals surface area contributed by atoms with Crippen LogP contribution < -0.4 is 25.0 Å². The van der Waals surface area contributed by atoms with Gasteiger partial charge in [-0.3, -0.25) is 25.5 Å². The minimum Gasteiger partial charge on any atom is -0.495 e. The van der Waals surface area contributed by atoms with Crippen molar-refractivity contribution in [3.63, 3.8) is 0 Å². The van der Waals surface area contributed by atoms with E-state index in [1.54, 1.807) is 38.1 Å². The maximum atomic E-state index is 14.1. The van der Waals surface area contributed by atoms with E-state index in [0.29, 0.717) is 17.9 Å². The lowest BCUT2D eigenvalue weighted by Gasteiger charge is -2.42. The molecule has 0 radical (unpaired) electrons. The Hall–Kier alpha value is -4.90. The van der Waals surface area contributed by atoms with Gasteiger partial charge in [0, 0.05) is 32.6 Å². The summed E-state index contributed by atoms with van der Waals surface area (Å²) in [4.78, 5) is 52.4. The molecule has 16 nitrogen and oxygen atoms in total. The average Bonchev–Trinajstić information content (AvgIpc) is 3.81. The zero-order valence-corrected chi connectivity index (χ0v) is 31.1. The number of alkyl carbamates (subject to hydrolysis) is 1. The number of nitro groups is 1. The number of nitrogens with one attached hydrogen (secondary N) is 2. The molecule has 53 heavy (non-hydrogen) atoms. The van der Waals surface area contributed by atoms with E-state index >= 15 is 0 Å². The van der Waals surface area contributed by atoms with Crippen LogP contribution in [-0.2, 0) is 30.2 Å². The number of fused-ring (bicyclic) bond motifs is 5. The van der Waals surface area contributed by atoms with Gasteiger partial charge in [-0.15, -0.1) is 0 Å². The van der Waals surface area contributed by atoms with Crippen molar-refractivity contribution in [2.75, 3.05) is 38.6 Å². The number of aliphatic hydroxyl groups is 1. The van der Waals surface area contributed by atoms with Crippen molar-refractivity contribution in [1.82, 2.24) is 5.32 Å². The number of ether oxygens (including phenoxy) is 6. The predicted molar refractivity (Wildman–Crippen MR) is 192 cm³/mol. The van der Waals surface area contributed by atoms with Crippen LogP contribution in [0.4, 0.5) is 26.7 Å². The smallest absolute Gasteiger partial charge is 0.412 e. The van der Waals surface area contributed by atoms with Gasteiger partial charge in [0.25, 0.3) is 5.69 Å². The van der Waals surface area contributed by atoms with Crippen molar-refractivity contribution in [2.45, 2.75) is 75.8 Å². The summed E-state index contributed by atoms with van der Waals surface area (Å²) in [5.41, 5.74) is -1.28. The number of anilines is 2. The van der Waals surface area contributed by atoms with Gasteiger partial charge in [-0.25, -0.2) is 9.59 Å². The number of nitrogens with zero attached hydrogens (tertiary/aromatic N) is 2. The molecule has 3 amide bonds. The van der Waals surface area contributed by atoms with Gasteiger partial charge in [-0.1, -0.05) is 42.3 Å². The number of benzene rings is 2. The summed E-state index contributed by atoms with van der Waals surface area (Å²) in [5, 5.41) is 28.2. The average molecular weight is 759 g/mol. The highest BCUT2D eigenvalue weighted by molar-refractivity contribution is 6.35. The van der Waals surface area contributed by atoms with Crippen molar-refractivity contribution in [1.29, 1.82) is 0 Å². The molecule has 286 valence electrons. The second-order valence-electron chi connectivity index (χ2n) is 13.5. The number of carbonyl (C=O) groups is 3. The zero-order valence-electron chi connectivity index (χ0n) is 30.3. The molecule has 2 saturated heterocycles. The first-order valence-electron chi connectivity index (χ1n) is 16.7. The van der Waals surface area contributed by atoms with Crippen LogP contribution in [0.15, 0.2) is 54.1 Å². The van der Waals surface area contributed by atoms with Gasteiger partial charge in [-0.05, 0) is 44.0 Å². The summed E-state index contributed by atoms with van der Waals surface area (Å²) < 4.78 is 34.1. The molecule has 2 aromatic carbocycles. The number of hydrogen-bond donors (Lipinski definition) is 3. The fourth-order valence-electron chi connectivity index (χ4n) is 6.77. The molecule has 3 N–H and O–H groups in total. The Kier molecular flexibility index (Phi) is 11.6. The Balaban J connectivity index is 1.54. The van der Waals surface area contributed by atoms with E-state index in [2.05, 4.69) is 10.6 Å². The van der Waals surface area contributed by atoms with Crippen LogP contribution in [0.25, 0.3) is 0 Å². The molecule has 0 aliphatic carbocycles. The Labute approximate surface area is 311 Å². The lowest BCUT2D eigenvalue weighted by atomic mass is 9.83. The van der Waals surface area contributed by atoms with Crippen LogP contribution in [-0.4, -0.2) is 92.2 Å². The molecule has 2 fully saturated rings. The number of non-ortho nitro benzene ring substituents is 1. The summed E-state index contributed by atoms with van der Waals surface area (Å²) in [6.07, 6.45) is -0.493. The van der Waals surface area contributed by atoms with Crippen LogP contribution in [0, 0.1) is 16.0 Å². The minimum absolute atomic E-state index is 0.00539. The summed E-state index contributed by atoms with van der Waals surface area (Å²) in [7, 11) is 5.70. The molecule has 0 spiro atoms. The molecule has 3 heterocycles. The largest absolute Gasteiger partial charge is 0.495 e. The number of hydrogen-bond acceptors (Lipinski definition) is 12. The topological polar surface area (TPSA) is 201 Å². The number of methoxy groups -OCH3 is 3. The molecule has 17 heteroatoms. The Morgan fingerprint density at radius 3 is 2.55 bits per heavy atom. The SMILES string of the molecule is COc1cc([N+](=O)[O-])ccc1NC(=O)O[C@H]1CC(=O)N(C)c2cc(cc(OC)c2Cl)C/C(C)=C/C=C/[C@@H](OC)[C@@]2(O)C[C@H](OC(=O)N2)[C@@H](C)[C@@H]2O[C@@]12C. The van der Waals surface area contributed by atoms with Crippen LogP contribution in [0.1, 0.15) is 39.2 Å². The number of nitro benzene ring substituents is 1. The maximum Gasteiger partial charge on any atom is 0.412 e. The normalized spacial score (nSPS) is 30.4. The molecule has 3 aliphatic rings. The summed E-state index contributed by atoms with van der Waals surface area (Å²) in [6.45, 7) is 5.32. The molecule has 2 aromatic rings. The van der Waals surface area contributed by atoms with E-state index in [1.165, 1.54) is 45.4 Å². The van der Waals surface area contributed by atoms with Crippen molar-refractivity contribution in [3.8, 4) is 11.5 Å². The van der Waals surface area contributed by atoms with Crippen LogP contribution in [0.5, 0.6) is 11.5 Å². The maximum absolute atomic E-state index is 14.1. The molecule has 0 aromatic heterocycles. The van der Waals surface area contributed by atoms with Gasteiger partial charge >= 0.3 is 12.2 Å². The standard InChI is InChI=1S/C36H43ClN4O12/c1-19-9-8-10-28(50-7)36(45)18-27(51-34(44)39-36)20(2)32-35(3,53-32)29(52-33(43)38-23-12-11-22(41(46)47)16-25(23)48-5)17-30(42)40(4)24-14-21(13-19)15-26(49-6)31(24)37/h8-12,14-16,20,27-29,32,45H,13,17-18H2,1-7H3,(H,38,43)(H,39,44)/b10-8+,19-9+/t20-,27+,28-,29+,32+,35+,36+/m1/s1. The van der Waals surface area contributed by atoms with Gasteiger partial charge in [0.05, 0.1) is 49.1 Å². The van der Waals surface area contributed by atoms with Crippen molar-refractivity contribution in [2.24, 2.45) is 5.92 Å². The van der Waals surface area contributed by atoms with Gasteiger partial charge < -0.3 is 38.4 Å². The molecule has 4 bridgehead atoms. The van der Waals surface area contributed by atoms with E-state index in [0.717, 1.165) is 17.2 Å². The number of rotatable bonds is 6. The molecular weight excluding hydrogens is 716 g/mol. The predicted octanol–water partition coefficient (Wildman–Crippen LogP) is 5.29. The van der Waals surface area contributed by atoms with E-state index in [1.807, 2.05) is 13.0 Å². The molecular formula is C36H43ClN4O12. The third-order valence-corrected chi connectivity index (χ3v) is 10.2. The van der Waals surface area contributed by atoms with Crippen LogP contribution >= 0.6 is 11.6 Å². The van der Waals surface area contributed by atoms with E-state index in [9.17, 15) is 29.6 Å². The zero-order chi connectivity index (χ0) is 38.8. The fourth-order valence-corrected chi connectivity index (χ4v) is 7.08.